The number of fused-ring (bicyclic) bond motifs is 2. The Hall–Kier alpha value is -1.55. The second-order valence-electron chi connectivity index (χ2n) is 5.53. The van der Waals surface area contributed by atoms with Crippen LogP contribution in [0, 0.1) is 5.92 Å². The fourth-order valence-corrected chi connectivity index (χ4v) is 4.31. The van der Waals surface area contributed by atoms with Crippen molar-refractivity contribution >= 4 is 33.4 Å². The maximum atomic E-state index is 4.89. The molecule has 2 aromatic rings. The van der Waals surface area contributed by atoms with Gasteiger partial charge in [0.2, 0.25) is 0 Å². The lowest BCUT2D eigenvalue weighted by Crippen LogP contribution is -2.25. The summed E-state index contributed by atoms with van der Waals surface area (Å²) in [5.74, 6) is 2.01. The average molecular weight is 283 g/mol. The van der Waals surface area contributed by atoms with E-state index in [1.54, 1.807) is 0 Å². The van der Waals surface area contributed by atoms with Gasteiger partial charge >= 0.3 is 0 Å². The molecule has 102 valence electrons. The molecule has 20 heavy (non-hydrogen) atoms. The third-order valence-electron chi connectivity index (χ3n) is 4.26. The Morgan fingerprint density at radius 3 is 3.20 bits per heavy atom. The molecule has 1 aliphatic carbocycles. The molecule has 4 heteroatoms. The molecule has 1 N–H and O–H groups in total. The first-order chi connectivity index (χ1) is 9.90. The minimum absolute atomic E-state index is 0.548. The average Bonchev–Trinajstić information content (AvgIpc) is 2.95. The van der Waals surface area contributed by atoms with Gasteiger partial charge in [-0.2, -0.15) is 0 Å². The van der Waals surface area contributed by atoms with Gasteiger partial charge in [-0.25, -0.2) is 0 Å². The van der Waals surface area contributed by atoms with Crippen LogP contribution in [0.1, 0.15) is 19.3 Å². The minimum Gasteiger partial charge on any atom is -0.334 e. The van der Waals surface area contributed by atoms with Crippen molar-refractivity contribution in [1.82, 2.24) is 4.98 Å². The van der Waals surface area contributed by atoms with Crippen molar-refractivity contribution < 1.29 is 0 Å². The highest BCUT2D eigenvalue weighted by molar-refractivity contribution is 8.14. The lowest BCUT2D eigenvalue weighted by atomic mass is 10.1. The van der Waals surface area contributed by atoms with Gasteiger partial charge in [-0.05, 0) is 36.3 Å². The third kappa shape index (κ3) is 2.18. The van der Waals surface area contributed by atoms with Crippen LogP contribution in [0.25, 0.3) is 10.8 Å². The van der Waals surface area contributed by atoms with Gasteiger partial charge in [0.1, 0.15) is 0 Å². The summed E-state index contributed by atoms with van der Waals surface area (Å²) >= 11 is 1.86. The first kappa shape index (κ1) is 12.2. The van der Waals surface area contributed by atoms with E-state index < -0.39 is 0 Å². The third-order valence-corrected chi connectivity index (χ3v) is 5.34. The van der Waals surface area contributed by atoms with Crippen molar-refractivity contribution in [2.24, 2.45) is 10.9 Å². The quantitative estimate of drug-likeness (QED) is 0.862. The Balaban J connectivity index is 1.65. The molecule has 1 aromatic heterocycles. The van der Waals surface area contributed by atoms with Gasteiger partial charge in [-0.15, -0.1) is 0 Å². The van der Waals surface area contributed by atoms with E-state index in [1.807, 2.05) is 30.2 Å². The number of hydrogen-bond donors (Lipinski definition) is 1. The molecule has 0 bridgehead atoms. The van der Waals surface area contributed by atoms with Gasteiger partial charge in [-0.1, -0.05) is 30.3 Å². The zero-order valence-electron chi connectivity index (χ0n) is 11.2. The zero-order valence-corrected chi connectivity index (χ0v) is 12.1. The number of anilines is 1. The smallest absolute Gasteiger partial charge is 0.161 e. The maximum Gasteiger partial charge on any atom is 0.161 e. The fourth-order valence-electron chi connectivity index (χ4n) is 3.16. The molecule has 0 saturated heterocycles. The van der Waals surface area contributed by atoms with Crippen LogP contribution in [-0.2, 0) is 0 Å². The Kier molecular flexibility index (Phi) is 3.11. The number of aromatic nitrogens is 1. The van der Waals surface area contributed by atoms with E-state index in [1.165, 1.54) is 30.4 Å². The van der Waals surface area contributed by atoms with Gasteiger partial charge in [0, 0.05) is 29.2 Å². The van der Waals surface area contributed by atoms with Crippen LogP contribution in [0.15, 0.2) is 41.7 Å². The predicted molar refractivity (Wildman–Crippen MR) is 86.4 cm³/mol. The van der Waals surface area contributed by atoms with Gasteiger partial charge in [0.15, 0.2) is 5.17 Å². The summed E-state index contributed by atoms with van der Waals surface area (Å²) in [5.41, 5.74) is 1.11. The lowest BCUT2D eigenvalue weighted by molar-refractivity contribution is 0.535. The molecule has 2 heterocycles. The molecular weight excluding hydrogens is 266 g/mol. The van der Waals surface area contributed by atoms with Crippen LogP contribution in [0.2, 0.25) is 0 Å². The number of hydrogen-bond acceptors (Lipinski definition) is 4. The van der Waals surface area contributed by atoms with E-state index in [2.05, 4.69) is 28.5 Å². The van der Waals surface area contributed by atoms with Crippen LogP contribution in [0.5, 0.6) is 0 Å². The molecule has 1 fully saturated rings. The number of thioether (sulfide) groups is 1. The van der Waals surface area contributed by atoms with Gasteiger partial charge < -0.3 is 5.32 Å². The summed E-state index contributed by atoms with van der Waals surface area (Å²) in [5, 5.41) is 6.96. The Bertz CT molecular complexity index is 662. The summed E-state index contributed by atoms with van der Waals surface area (Å²) in [6.07, 6.45) is 7.71. The highest BCUT2D eigenvalue weighted by Crippen LogP contribution is 2.36. The Morgan fingerprint density at radius 2 is 2.20 bits per heavy atom. The normalized spacial score (nSPS) is 25.3. The van der Waals surface area contributed by atoms with E-state index in [0.29, 0.717) is 6.04 Å². The molecule has 0 radical (unpaired) electrons. The molecule has 3 nitrogen and oxygen atoms in total. The van der Waals surface area contributed by atoms with Crippen molar-refractivity contribution in [3.63, 3.8) is 0 Å². The molecule has 0 amide bonds. The highest BCUT2D eigenvalue weighted by atomic mass is 32.2. The first-order valence-electron chi connectivity index (χ1n) is 7.20. The highest BCUT2D eigenvalue weighted by Gasteiger charge is 2.30. The van der Waals surface area contributed by atoms with Crippen molar-refractivity contribution in [3.8, 4) is 0 Å². The van der Waals surface area contributed by atoms with Crippen LogP contribution in [0.4, 0.5) is 5.69 Å². The number of nitrogens with zero attached hydrogens (tertiary/aromatic N) is 2. The molecule has 1 aromatic carbocycles. The number of pyridine rings is 1. The summed E-state index contributed by atoms with van der Waals surface area (Å²) in [6, 6.07) is 8.89. The molecule has 0 spiro atoms. The minimum atomic E-state index is 0.548. The van der Waals surface area contributed by atoms with E-state index in [4.69, 9.17) is 4.99 Å². The Morgan fingerprint density at radius 1 is 1.20 bits per heavy atom. The van der Waals surface area contributed by atoms with E-state index >= 15 is 0 Å². The summed E-state index contributed by atoms with van der Waals surface area (Å²) < 4.78 is 0. The summed E-state index contributed by atoms with van der Waals surface area (Å²) in [7, 11) is 0. The van der Waals surface area contributed by atoms with Crippen LogP contribution >= 0.6 is 11.8 Å². The van der Waals surface area contributed by atoms with Gasteiger partial charge in [-0.3, -0.25) is 9.98 Å². The number of benzene rings is 1. The van der Waals surface area contributed by atoms with Crippen LogP contribution in [0.3, 0.4) is 0 Å². The summed E-state index contributed by atoms with van der Waals surface area (Å²) in [4.78, 5) is 9.13. The number of rotatable bonds is 1. The Labute approximate surface area is 122 Å². The number of aliphatic imine (C=N–C) groups is 1. The van der Waals surface area contributed by atoms with Crippen molar-refractivity contribution in [3.05, 3.63) is 36.7 Å². The monoisotopic (exact) mass is 283 g/mol. The standard InChI is InChI=1S/C16H17N3S/c1-3-11-7-8-17-9-13(11)15(6-1)19-16-18-14-5-2-4-12(14)10-20-16/h1,3,6-9,12,14H,2,4-5,10H2,(H,18,19). The van der Waals surface area contributed by atoms with E-state index in [9.17, 15) is 0 Å². The first-order valence-corrected chi connectivity index (χ1v) is 8.19. The van der Waals surface area contributed by atoms with Gasteiger partial charge in [0.25, 0.3) is 0 Å². The molecule has 2 aliphatic rings. The van der Waals surface area contributed by atoms with Crippen molar-refractivity contribution in [2.75, 3.05) is 11.1 Å². The molecule has 4 rings (SSSR count). The van der Waals surface area contributed by atoms with Crippen LogP contribution in [-0.4, -0.2) is 21.9 Å². The van der Waals surface area contributed by atoms with Crippen molar-refractivity contribution in [1.29, 1.82) is 0 Å². The predicted octanol–water partition coefficient (Wildman–Crippen LogP) is 3.92. The topological polar surface area (TPSA) is 37.3 Å². The molecule has 1 aliphatic heterocycles. The van der Waals surface area contributed by atoms with E-state index in [0.717, 1.165) is 22.2 Å². The number of amidine groups is 1. The number of nitrogens with one attached hydrogen (secondary N) is 1. The second kappa shape index (κ2) is 5.09. The SMILES string of the molecule is c1cc(NC2=NC3CCCC3CS2)c2cnccc2c1. The van der Waals surface area contributed by atoms with Crippen LogP contribution < -0.4 is 5.32 Å². The largest absolute Gasteiger partial charge is 0.334 e. The van der Waals surface area contributed by atoms with Crippen molar-refractivity contribution in [2.45, 2.75) is 25.3 Å². The maximum absolute atomic E-state index is 4.89. The van der Waals surface area contributed by atoms with Gasteiger partial charge in [0.05, 0.1) is 6.04 Å². The van der Waals surface area contributed by atoms with E-state index in [-0.39, 0.29) is 0 Å². The zero-order chi connectivity index (χ0) is 13.4. The second-order valence-corrected chi connectivity index (χ2v) is 6.54. The molecule has 2 unspecified atom stereocenters. The fraction of sp³-hybridized carbons (Fsp3) is 0.375. The summed E-state index contributed by atoms with van der Waals surface area (Å²) in [6.45, 7) is 0. The molecular formula is C16H17N3S. The lowest BCUT2D eigenvalue weighted by Gasteiger charge is -2.23. The molecule has 2 atom stereocenters. The molecule has 1 saturated carbocycles.